The molecule has 188 valence electrons. The van der Waals surface area contributed by atoms with Gasteiger partial charge in [0.1, 0.15) is 0 Å². The molecule has 0 saturated carbocycles. The predicted molar refractivity (Wildman–Crippen MR) is 112 cm³/mol. The van der Waals surface area contributed by atoms with E-state index in [-0.39, 0.29) is 10.6 Å². The molecule has 0 unspecified atom stereocenters. The lowest BCUT2D eigenvalue weighted by Gasteiger charge is -2.26. The molecule has 35 heavy (non-hydrogen) atoms. The molecule has 3 rings (SSSR count). The minimum atomic E-state index is -3.18. The molecule has 13 nitrogen and oxygen atoms in total. The van der Waals surface area contributed by atoms with Gasteiger partial charge in [-0.1, -0.05) is 23.7 Å². The molecule has 1 aliphatic rings. The summed E-state index contributed by atoms with van der Waals surface area (Å²) in [6.07, 6.45) is -7.64. The summed E-state index contributed by atoms with van der Waals surface area (Å²) in [4.78, 5) is 61.8. The molecule has 4 atom stereocenters. The number of methoxy groups -OCH3 is 2. The van der Waals surface area contributed by atoms with E-state index in [1.165, 1.54) is 18.2 Å². The first-order chi connectivity index (χ1) is 16.6. The second kappa shape index (κ2) is 10.6. The Labute approximate surface area is 200 Å². The highest BCUT2D eigenvalue weighted by Crippen LogP contribution is 2.42. The van der Waals surface area contributed by atoms with Crippen LogP contribution in [0, 0.1) is 0 Å². The number of aromatic nitrogens is 2. The maximum atomic E-state index is 16.1. The first kappa shape index (κ1) is 25.7. The summed E-state index contributed by atoms with van der Waals surface area (Å²) in [5.74, 6) is -4.23. The highest BCUT2D eigenvalue weighted by Gasteiger charge is 2.62. The minimum Gasteiger partial charge on any atom is -0.456 e. The molecule has 1 N–H and O–H groups in total. The number of nitrogens with zero attached hydrogens (tertiary/aromatic N) is 1. The molecule has 0 bridgehead atoms. The summed E-state index contributed by atoms with van der Waals surface area (Å²) in [5.41, 5.74) is -1.95. The van der Waals surface area contributed by atoms with E-state index in [4.69, 9.17) is 30.5 Å². The van der Waals surface area contributed by atoms with Crippen LogP contribution in [0.5, 0.6) is 0 Å². The number of aromatic amines is 1. The highest BCUT2D eigenvalue weighted by atomic mass is 35.5. The maximum absolute atomic E-state index is 16.1. The summed E-state index contributed by atoms with van der Waals surface area (Å²) >= 11 is 5.95. The number of benzene rings is 1. The summed E-state index contributed by atoms with van der Waals surface area (Å²) < 4.78 is 45.8. The number of hydrogen-bond acceptors (Lipinski definition) is 11. The molecule has 0 radical (unpaired) electrons. The number of halogens is 2. The zero-order valence-electron chi connectivity index (χ0n) is 18.1. The van der Waals surface area contributed by atoms with Gasteiger partial charge < -0.3 is 28.4 Å². The molecule has 1 aromatic heterocycles. The number of esters is 1. The molecule has 1 aromatic carbocycles. The zero-order valence-corrected chi connectivity index (χ0v) is 18.9. The summed E-state index contributed by atoms with van der Waals surface area (Å²) in [7, 11) is 1.87. The van der Waals surface area contributed by atoms with E-state index >= 15 is 4.39 Å². The van der Waals surface area contributed by atoms with Gasteiger partial charge in [0.05, 0.1) is 24.8 Å². The van der Waals surface area contributed by atoms with Crippen LogP contribution in [0.25, 0.3) is 0 Å². The Balaban J connectivity index is 1.99. The summed E-state index contributed by atoms with van der Waals surface area (Å²) in [6.45, 7) is -1.20. The molecule has 0 aliphatic carbocycles. The van der Waals surface area contributed by atoms with Gasteiger partial charge in [-0.2, -0.15) is 0 Å². The van der Waals surface area contributed by atoms with E-state index in [1.54, 1.807) is 6.07 Å². The van der Waals surface area contributed by atoms with E-state index in [0.29, 0.717) is 4.57 Å². The third-order valence-corrected chi connectivity index (χ3v) is 5.06. The van der Waals surface area contributed by atoms with Crippen LogP contribution in [-0.4, -0.2) is 66.7 Å². The van der Waals surface area contributed by atoms with Crippen molar-refractivity contribution in [2.75, 3.05) is 20.8 Å². The van der Waals surface area contributed by atoms with Gasteiger partial charge in [0.25, 0.3) is 11.4 Å². The van der Waals surface area contributed by atoms with Gasteiger partial charge in [0, 0.05) is 12.3 Å². The first-order valence-electron chi connectivity index (χ1n) is 9.68. The van der Waals surface area contributed by atoms with Crippen LogP contribution in [0.3, 0.4) is 0 Å². The second-order valence-corrected chi connectivity index (χ2v) is 7.30. The Morgan fingerprint density at radius 1 is 1.11 bits per heavy atom. The van der Waals surface area contributed by atoms with Crippen LogP contribution in [0.4, 0.5) is 14.0 Å². The van der Waals surface area contributed by atoms with Crippen LogP contribution in [0.2, 0.25) is 5.02 Å². The zero-order chi connectivity index (χ0) is 25.8. The normalized spacial score (nSPS) is 23.3. The number of nitrogens with one attached hydrogen (secondary N) is 1. The van der Waals surface area contributed by atoms with Crippen LogP contribution >= 0.6 is 11.6 Å². The van der Waals surface area contributed by atoms with Crippen molar-refractivity contribution < 1.29 is 47.2 Å². The van der Waals surface area contributed by atoms with Crippen LogP contribution < -0.4 is 11.2 Å². The molecule has 15 heteroatoms. The number of carbonyl (C=O) groups excluding carboxylic acids is 3. The fourth-order valence-electron chi connectivity index (χ4n) is 3.14. The number of H-pyrrole nitrogens is 1. The van der Waals surface area contributed by atoms with Crippen molar-refractivity contribution >= 4 is 29.9 Å². The topological polar surface area (TPSA) is 161 Å². The number of alkyl halides is 1. The number of hydrogen-bond donors (Lipinski definition) is 1. The van der Waals surface area contributed by atoms with E-state index in [2.05, 4.69) is 9.47 Å². The molecule has 2 heterocycles. The number of rotatable bonds is 6. The minimum absolute atomic E-state index is 0.0182. The lowest BCUT2D eigenvalue weighted by molar-refractivity contribution is -0.209. The van der Waals surface area contributed by atoms with Gasteiger partial charge in [-0.25, -0.2) is 23.6 Å². The van der Waals surface area contributed by atoms with Gasteiger partial charge in [-0.15, -0.1) is 0 Å². The molecule has 1 saturated heterocycles. The van der Waals surface area contributed by atoms with Gasteiger partial charge >= 0.3 is 24.0 Å². The smallest absolute Gasteiger partial charge is 0.456 e. The molecule has 2 aromatic rings. The van der Waals surface area contributed by atoms with Crippen molar-refractivity contribution in [3.05, 3.63) is 68.0 Å². The quantitative estimate of drug-likeness (QED) is 0.438. The predicted octanol–water partition coefficient (Wildman–Crippen LogP) is 1.54. The van der Waals surface area contributed by atoms with Crippen molar-refractivity contribution in [1.29, 1.82) is 0 Å². The van der Waals surface area contributed by atoms with Gasteiger partial charge in [0.15, 0.2) is 18.9 Å². The van der Waals surface area contributed by atoms with Gasteiger partial charge in [-0.3, -0.25) is 14.3 Å². The Kier molecular flexibility index (Phi) is 7.76. The lowest BCUT2D eigenvalue weighted by Crippen LogP contribution is -2.48. The first-order valence-corrected chi connectivity index (χ1v) is 10.1. The Morgan fingerprint density at radius 3 is 2.40 bits per heavy atom. The summed E-state index contributed by atoms with van der Waals surface area (Å²) in [5, 5.41) is 0.0182. The average Bonchev–Trinajstić information content (AvgIpc) is 3.09. The van der Waals surface area contributed by atoms with Crippen molar-refractivity contribution in [3.8, 4) is 0 Å². The summed E-state index contributed by atoms with van der Waals surface area (Å²) in [6, 6.07) is 6.67. The van der Waals surface area contributed by atoms with Crippen molar-refractivity contribution in [2.24, 2.45) is 0 Å². The molecule has 1 aliphatic heterocycles. The Hall–Kier alpha value is -3.91. The van der Waals surface area contributed by atoms with Gasteiger partial charge in [-0.05, 0) is 12.1 Å². The molecule has 1 fully saturated rings. The van der Waals surface area contributed by atoms with Crippen molar-refractivity contribution in [2.45, 2.75) is 24.3 Å². The van der Waals surface area contributed by atoms with Crippen LogP contribution in [0.1, 0.15) is 16.6 Å². The third-order valence-electron chi connectivity index (χ3n) is 4.73. The standard InChI is InChI=1S/C20H18ClFN2O11/c1-30-18(28)33-13-14(34-19(29)31-2)20(22,9-32-16(26)10-5-3-4-6-11(10)21)35-15(13)24-8-7-12(25)23-17(24)27/h3-8,13-15H,9H2,1-2H3,(H,23,25,27)/t13-,14+,15-,20-/m1/s1. The largest absolute Gasteiger partial charge is 0.508 e. The molecular formula is C20H18ClFN2O11. The van der Waals surface area contributed by atoms with Crippen LogP contribution in [0.15, 0.2) is 46.1 Å². The SMILES string of the molecule is COC(=O)O[C@H]1[C@H](n2ccc(=O)[nH]c2=O)O[C@](F)(COC(=O)c2ccccc2Cl)[C@H]1OC(=O)OC. The molecule has 0 spiro atoms. The lowest BCUT2D eigenvalue weighted by atomic mass is 10.1. The third kappa shape index (κ3) is 5.60. The van der Waals surface area contributed by atoms with E-state index < -0.39 is 60.4 Å². The second-order valence-electron chi connectivity index (χ2n) is 6.90. The monoisotopic (exact) mass is 516 g/mol. The fourth-order valence-corrected chi connectivity index (χ4v) is 3.36. The van der Waals surface area contributed by atoms with Crippen molar-refractivity contribution in [3.63, 3.8) is 0 Å². The number of carbonyl (C=O) groups is 3. The van der Waals surface area contributed by atoms with E-state index in [0.717, 1.165) is 26.5 Å². The van der Waals surface area contributed by atoms with E-state index in [9.17, 15) is 24.0 Å². The average molecular weight is 517 g/mol. The Morgan fingerprint density at radius 2 is 1.77 bits per heavy atom. The molecule has 0 amide bonds. The fraction of sp³-hybridized carbons (Fsp3) is 0.350. The number of ether oxygens (including phenoxy) is 6. The maximum Gasteiger partial charge on any atom is 0.508 e. The van der Waals surface area contributed by atoms with Gasteiger partial charge in [0.2, 0.25) is 6.10 Å². The van der Waals surface area contributed by atoms with E-state index in [1.807, 2.05) is 4.98 Å². The van der Waals surface area contributed by atoms with Crippen molar-refractivity contribution in [1.82, 2.24) is 9.55 Å². The highest BCUT2D eigenvalue weighted by molar-refractivity contribution is 6.33. The molecular weight excluding hydrogens is 499 g/mol. The van der Waals surface area contributed by atoms with Crippen LogP contribution in [-0.2, 0) is 28.4 Å². The Bertz CT molecular complexity index is 1230.